The molecule has 1 aliphatic heterocycles. The van der Waals surface area contributed by atoms with E-state index in [0.29, 0.717) is 27.2 Å². The SMILES string of the molecule is CCC1(C)NC(=O)N(NC(=O)CNc2cc(Cl)cc(Cl)c2)C1=O. The number of amides is 4. The number of carbonyl (C=O) groups is 3. The number of carbonyl (C=O) groups excluding carboxylic acids is 3. The van der Waals surface area contributed by atoms with Gasteiger partial charge in [-0.1, -0.05) is 30.1 Å². The highest BCUT2D eigenvalue weighted by Gasteiger charge is 2.47. The fraction of sp³-hybridized carbons (Fsp3) is 0.357. The van der Waals surface area contributed by atoms with Crippen molar-refractivity contribution in [3.05, 3.63) is 28.2 Å². The molecule has 124 valence electrons. The maximum atomic E-state index is 12.1. The van der Waals surface area contributed by atoms with E-state index in [1.165, 1.54) is 0 Å². The molecule has 3 N–H and O–H groups in total. The summed E-state index contributed by atoms with van der Waals surface area (Å²) in [5.41, 5.74) is 1.82. The predicted molar refractivity (Wildman–Crippen MR) is 87.2 cm³/mol. The summed E-state index contributed by atoms with van der Waals surface area (Å²) in [4.78, 5) is 35.8. The standard InChI is InChI=1S/C14H16Cl2N4O3/c1-3-14(2)12(22)20(13(23)18-14)19-11(21)7-17-10-5-8(15)4-9(16)6-10/h4-6,17H,3,7H2,1-2H3,(H,18,23)(H,19,21). The molecule has 1 aromatic rings. The van der Waals surface area contributed by atoms with Crippen LogP contribution < -0.4 is 16.1 Å². The van der Waals surface area contributed by atoms with E-state index >= 15 is 0 Å². The molecule has 1 unspecified atom stereocenters. The van der Waals surface area contributed by atoms with Gasteiger partial charge in [0.25, 0.3) is 11.8 Å². The summed E-state index contributed by atoms with van der Waals surface area (Å²) in [5.74, 6) is -1.05. The van der Waals surface area contributed by atoms with Crippen LogP contribution in [0.2, 0.25) is 10.0 Å². The van der Waals surface area contributed by atoms with E-state index in [1.54, 1.807) is 32.0 Å². The molecule has 0 spiro atoms. The third-order valence-corrected chi connectivity index (χ3v) is 3.96. The Morgan fingerprint density at radius 3 is 2.39 bits per heavy atom. The van der Waals surface area contributed by atoms with Crippen molar-refractivity contribution < 1.29 is 14.4 Å². The van der Waals surface area contributed by atoms with Crippen LogP contribution in [0.1, 0.15) is 20.3 Å². The normalized spacial score (nSPS) is 20.4. The molecule has 1 fully saturated rings. The van der Waals surface area contributed by atoms with Gasteiger partial charge in [0.2, 0.25) is 0 Å². The molecule has 1 aliphatic rings. The number of imide groups is 1. The molecule has 2 rings (SSSR count). The number of nitrogens with one attached hydrogen (secondary N) is 3. The average Bonchev–Trinajstić information content (AvgIpc) is 2.68. The second-order valence-electron chi connectivity index (χ2n) is 5.30. The molecular weight excluding hydrogens is 343 g/mol. The fourth-order valence-electron chi connectivity index (χ4n) is 2.03. The fourth-order valence-corrected chi connectivity index (χ4v) is 2.55. The summed E-state index contributed by atoms with van der Waals surface area (Å²) < 4.78 is 0. The number of hydrogen-bond donors (Lipinski definition) is 3. The van der Waals surface area contributed by atoms with Gasteiger partial charge in [-0.25, -0.2) is 4.79 Å². The van der Waals surface area contributed by atoms with Crippen LogP contribution in [0.3, 0.4) is 0 Å². The van der Waals surface area contributed by atoms with Gasteiger partial charge in [-0.05, 0) is 31.5 Å². The Morgan fingerprint density at radius 1 is 1.26 bits per heavy atom. The van der Waals surface area contributed by atoms with Crippen LogP contribution in [0.15, 0.2) is 18.2 Å². The molecule has 23 heavy (non-hydrogen) atoms. The molecule has 0 radical (unpaired) electrons. The number of hydrazine groups is 1. The zero-order valence-corrected chi connectivity index (χ0v) is 14.1. The van der Waals surface area contributed by atoms with Crippen LogP contribution in [0.5, 0.6) is 0 Å². The Bertz CT molecular complexity index is 647. The van der Waals surface area contributed by atoms with Crippen LogP contribution in [0.25, 0.3) is 0 Å². The molecule has 1 aromatic carbocycles. The van der Waals surface area contributed by atoms with E-state index in [0.717, 1.165) is 0 Å². The first-order valence-electron chi connectivity index (χ1n) is 6.91. The molecule has 0 aliphatic carbocycles. The van der Waals surface area contributed by atoms with Gasteiger partial charge < -0.3 is 10.6 Å². The summed E-state index contributed by atoms with van der Waals surface area (Å²) in [5, 5.41) is 6.90. The minimum atomic E-state index is -1.00. The van der Waals surface area contributed by atoms with Crippen LogP contribution in [-0.4, -0.2) is 34.9 Å². The monoisotopic (exact) mass is 358 g/mol. The predicted octanol–water partition coefficient (Wildman–Crippen LogP) is 2.16. The highest BCUT2D eigenvalue weighted by atomic mass is 35.5. The van der Waals surface area contributed by atoms with Crippen LogP contribution in [0.4, 0.5) is 10.5 Å². The lowest BCUT2D eigenvalue weighted by Crippen LogP contribution is -2.50. The van der Waals surface area contributed by atoms with Gasteiger partial charge in [0, 0.05) is 15.7 Å². The van der Waals surface area contributed by atoms with Gasteiger partial charge in [-0.2, -0.15) is 5.01 Å². The number of hydrogen-bond acceptors (Lipinski definition) is 4. The number of rotatable bonds is 5. The third-order valence-electron chi connectivity index (χ3n) is 3.52. The zero-order valence-electron chi connectivity index (χ0n) is 12.6. The minimum Gasteiger partial charge on any atom is -0.376 e. The second-order valence-corrected chi connectivity index (χ2v) is 6.18. The van der Waals surface area contributed by atoms with Gasteiger partial charge in [0.15, 0.2) is 0 Å². The van der Waals surface area contributed by atoms with E-state index in [4.69, 9.17) is 23.2 Å². The van der Waals surface area contributed by atoms with Crippen molar-refractivity contribution in [2.24, 2.45) is 0 Å². The van der Waals surface area contributed by atoms with E-state index in [9.17, 15) is 14.4 Å². The lowest BCUT2D eigenvalue weighted by molar-refractivity contribution is -0.138. The highest BCUT2D eigenvalue weighted by Crippen LogP contribution is 2.22. The highest BCUT2D eigenvalue weighted by molar-refractivity contribution is 6.35. The molecule has 7 nitrogen and oxygen atoms in total. The number of urea groups is 1. The van der Waals surface area contributed by atoms with Gasteiger partial charge in [-0.3, -0.25) is 15.0 Å². The van der Waals surface area contributed by atoms with Crippen LogP contribution >= 0.6 is 23.2 Å². The first-order valence-corrected chi connectivity index (χ1v) is 7.67. The Labute approximate surface area is 143 Å². The first kappa shape index (κ1) is 17.4. The Balaban J connectivity index is 1.95. The summed E-state index contributed by atoms with van der Waals surface area (Å²) in [7, 11) is 0. The first-order chi connectivity index (χ1) is 10.7. The zero-order chi connectivity index (χ0) is 17.2. The summed E-state index contributed by atoms with van der Waals surface area (Å²) >= 11 is 11.7. The summed E-state index contributed by atoms with van der Waals surface area (Å²) in [6.07, 6.45) is 0.420. The number of halogens is 2. The number of benzene rings is 1. The van der Waals surface area contributed by atoms with Crippen molar-refractivity contribution >= 4 is 46.7 Å². The van der Waals surface area contributed by atoms with E-state index in [-0.39, 0.29) is 6.54 Å². The van der Waals surface area contributed by atoms with E-state index in [2.05, 4.69) is 16.1 Å². The van der Waals surface area contributed by atoms with E-state index < -0.39 is 23.4 Å². The van der Waals surface area contributed by atoms with Gasteiger partial charge in [0.05, 0.1) is 6.54 Å². The Hall–Kier alpha value is -1.99. The van der Waals surface area contributed by atoms with Gasteiger partial charge >= 0.3 is 6.03 Å². The molecule has 1 saturated heterocycles. The molecule has 0 aromatic heterocycles. The lowest BCUT2D eigenvalue weighted by Gasteiger charge is -2.19. The number of nitrogens with zero attached hydrogens (tertiary/aromatic N) is 1. The maximum absolute atomic E-state index is 12.1. The molecule has 9 heteroatoms. The molecular formula is C14H16Cl2N4O3. The Morgan fingerprint density at radius 2 is 1.87 bits per heavy atom. The molecule has 1 atom stereocenters. The maximum Gasteiger partial charge on any atom is 0.344 e. The lowest BCUT2D eigenvalue weighted by atomic mass is 10.00. The van der Waals surface area contributed by atoms with Crippen molar-refractivity contribution in [3.8, 4) is 0 Å². The van der Waals surface area contributed by atoms with Crippen molar-refractivity contribution in [2.45, 2.75) is 25.8 Å². The largest absolute Gasteiger partial charge is 0.376 e. The average molecular weight is 359 g/mol. The van der Waals surface area contributed by atoms with E-state index in [1.807, 2.05) is 0 Å². The molecule has 0 saturated carbocycles. The van der Waals surface area contributed by atoms with Gasteiger partial charge in [-0.15, -0.1) is 0 Å². The quantitative estimate of drug-likeness (QED) is 0.703. The molecule has 1 heterocycles. The number of anilines is 1. The van der Waals surface area contributed by atoms with Crippen LogP contribution in [-0.2, 0) is 9.59 Å². The van der Waals surface area contributed by atoms with Crippen molar-refractivity contribution in [1.29, 1.82) is 0 Å². The Kier molecular flexibility index (Phi) is 5.01. The van der Waals surface area contributed by atoms with Crippen LogP contribution in [0, 0.1) is 0 Å². The topological polar surface area (TPSA) is 90.5 Å². The molecule has 4 amide bonds. The van der Waals surface area contributed by atoms with Crippen molar-refractivity contribution in [1.82, 2.24) is 15.8 Å². The smallest absolute Gasteiger partial charge is 0.344 e. The summed E-state index contributed by atoms with van der Waals surface area (Å²) in [6.45, 7) is 3.22. The van der Waals surface area contributed by atoms with Crippen molar-refractivity contribution in [2.75, 3.05) is 11.9 Å². The van der Waals surface area contributed by atoms with Gasteiger partial charge in [0.1, 0.15) is 5.54 Å². The third kappa shape index (κ3) is 3.86. The molecule has 0 bridgehead atoms. The second kappa shape index (κ2) is 6.64. The summed E-state index contributed by atoms with van der Waals surface area (Å²) in [6, 6.07) is 4.11. The minimum absolute atomic E-state index is 0.156. The van der Waals surface area contributed by atoms with Crippen molar-refractivity contribution in [3.63, 3.8) is 0 Å².